The third-order valence-corrected chi connectivity index (χ3v) is 6.34. The van der Waals surface area contributed by atoms with E-state index in [4.69, 9.17) is 15.2 Å². The van der Waals surface area contributed by atoms with Crippen molar-refractivity contribution in [1.82, 2.24) is 0 Å². The van der Waals surface area contributed by atoms with Crippen LogP contribution < -0.4 is 20.5 Å². The fraction of sp³-hybridized carbons (Fsp3) is 0.188. The number of hydrogen-bond donors (Lipinski definition) is 2. The molecule has 228 valence electrons. The van der Waals surface area contributed by atoms with E-state index in [1.54, 1.807) is 32.4 Å². The molecule has 0 aliphatic carbocycles. The highest BCUT2D eigenvalue weighted by Crippen LogP contribution is 2.19. The number of nitrogens with one attached hydrogen (secondary N) is 1. The van der Waals surface area contributed by atoms with Crippen molar-refractivity contribution in [2.24, 2.45) is 0 Å². The number of esters is 2. The van der Waals surface area contributed by atoms with Crippen molar-refractivity contribution in [3.05, 3.63) is 119 Å². The Morgan fingerprint density at radius 3 is 1.67 bits per heavy atom. The highest BCUT2D eigenvalue weighted by molar-refractivity contribution is 9.08. The van der Waals surface area contributed by atoms with Gasteiger partial charge in [-0.25, -0.2) is 18.4 Å². The molecule has 0 aliphatic heterocycles. The number of carbonyl (C=O) groups is 2. The second-order valence-electron chi connectivity index (χ2n) is 8.59. The van der Waals surface area contributed by atoms with Gasteiger partial charge in [-0.05, 0) is 54.1 Å². The van der Waals surface area contributed by atoms with Crippen molar-refractivity contribution in [3.63, 3.8) is 0 Å². The minimum Gasteiger partial charge on any atom is -0.497 e. The van der Waals surface area contributed by atoms with Crippen LogP contribution in [0.1, 0.15) is 31.8 Å². The smallest absolute Gasteiger partial charge is 0.337 e. The van der Waals surface area contributed by atoms with Crippen molar-refractivity contribution in [1.29, 1.82) is 0 Å². The molecule has 0 spiro atoms. The summed E-state index contributed by atoms with van der Waals surface area (Å²) < 4.78 is 46.1. The summed E-state index contributed by atoms with van der Waals surface area (Å²) in [6, 6.07) is 23.2. The molecule has 4 aromatic rings. The lowest BCUT2D eigenvalue weighted by atomic mass is 10.1. The van der Waals surface area contributed by atoms with E-state index in [-0.39, 0.29) is 11.1 Å². The van der Waals surface area contributed by atoms with Gasteiger partial charge in [0.1, 0.15) is 23.1 Å². The van der Waals surface area contributed by atoms with E-state index in [2.05, 4.69) is 30.7 Å². The molecule has 0 fully saturated rings. The molecule has 0 aromatic heterocycles. The van der Waals surface area contributed by atoms with E-state index in [1.165, 1.54) is 38.5 Å². The monoisotopic (exact) mass is 658 g/mol. The number of methoxy groups -OCH3 is 4. The van der Waals surface area contributed by atoms with Crippen molar-refractivity contribution in [2.75, 3.05) is 39.5 Å². The number of rotatable bonds is 8. The van der Waals surface area contributed by atoms with E-state index < -0.39 is 23.6 Å². The molecule has 4 aromatic carbocycles. The molecule has 0 saturated heterocycles. The zero-order valence-electron chi connectivity index (χ0n) is 24.2. The predicted molar refractivity (Wildman–Crippen MR) is 166 cm³/mol. The average Bonchev–Trinajstić information content (AvgIpc) is 3.04. The summed E-state index contributed by atoms with van der Waals surface area (Å²) in [5, 5.41) is 3.53. The number of hydrogen-bond acceptors (Lipinski definition) is 8. The minimum absolute atomic E-state index is 0.195. The van der Waals surface area contributed by atoms with E-state index in [9.17, 15) is 18.4 Å². The van der Waals surface area contributed by atoms with Crippen LogP contribution in [0.25, 0.3) is 0 Å². The lowest BCUT2D eigenvalue weighted by molar-refractivity contribution is 0.0591. The topological polar surface area (TPSA) is 109 Å². The van der Waals surface area contributed by atoms with E-state index >= 15 is 0 Å². The van der Waals surface area contributed by atoms with Crippen molar-refractivity contribution >= 4 is 39.2 Å². The fourth-order valence-corrected chi connectivity index (χ4v) is 3.86. The summed E-state index contributed by atoms with van der Waals surface area (Å²) in [6.07, 6.45) is 0. The summed E-state index contributed by atoms with van der Waals surface area (Å²) in [5.74, 6) is -0.411. The van der Waals surface area contributed by atoms with Crippen LogP contribution in [0, 0.1) is 11.6 Å². The lowest BCUT2D eigenvalue weighted by Crippen LogP contribution is -2.05. The largest absolute Gasteiger partial charge is 0.497 e. The quantitative estimate of drug-likeness (QED) is 0.118. The van der Waals surface area contributed by atoms with E-state index in [1.807, 2.05) is 42.5 Å². The Bertz CT molecular complexity index is 1500. The maximum atomic E-state index is 13.9. The standard InChI is InChI=1S/C16H16FNO3.C9H8BrFO2.C7H9NO/c1-20-14-5-3-4-13(9-14)18-10-12-7-6-11(8-15(12)17)16(19)21-2;1-13-9(12)6-2-3-7(5-10)8(11)4-6;1-9-7-4-2-3-6(8)5-7/h3-9,18H,10H2,1-2H3;2-4H,5H2,1H3;2-5H,8H2,1H3. The van der Waals surface area contributed by atoms with Gasteiger partial charge in [0.05, 0.1) is 39.6 Å². The van der Waals surface area contributed by atoms with Gasteiger partial charge < -0.3 is 30.0 Å². The maximum Gasteiger partial charge on any atom is 0.337 e. The van der Waals surface area contributed by atoms with Crippen LogP contribution in [0.5, 0.6) is 11.5 Å². The molecule has 43 heavy (non-hydrogen) atoms. The number of alkyl halides is 1. The third-order valence-electron chi connectivity index (χ3n) is 5.74. The zero-order valence-corrected chi connectivity index (χ0v) is 25.7. The molecule has 0 amide bonds. The number of nitrogen functional groups attached to an aromatic ring is 1. The van der Waals surface area contributed by atoms with Gasteiger partial charge in [-0.3, -0.25) is 0 Å². The average molecular weight is 660 g/mol. The summed E-state index contributed by atoms with van der Waals surface area (Å²) in [4.78, 5) is 22.3. The molecule has 3 N–H and O–H groups in total. The number of benzene rings is 4. The number of halogens is 3. The first kappa shape index (κ1) is 34.6. The van der Waals surface area contributed by atoms with Crippen LogP contribution in [-0.2, 0) is 21.3 Å². The molecule has 11 heteroatoms. The first-order valence-electron chi connectivity index (χ1n) is 12.7. The van der Waals surface area contributed by atoms with Crippen LogP contribution in [-0.4, -0.2) is 40.4 Å². The highest BCUT2D eigenvalue weighted by atomic mass is 79.9. The van der Waals surface area contributed by atoms with Gasteiger partial charge in [-0.15, -0.1) is 0 Å². The fourth-order valence-electron chi connectivity index (χ4n) is 3.41. The second kappa shape index (κ2) is 18.0. The molecular formula is C32H33BrF2N2O6. The van der Waals surface area contributed by atoms with Gasteiger partial charge in [0, 0.05) is 40.9 Å². The normalized spacial score (nSPS) is 9.74. The molecule has 0 atom stereocenters. The Labute approximate surface area is 257 Å². The Morgan fingerprint density at radius 1 is 0.721 bits per heavy atom. The minimum atomic E-state index is -0.554. The zero-order chi connectivity index (χ0) is 31.8. The van der Waals surface area contributed by atoms with Crippen LogP contribution in [0.4, 0.5) is 20.2 Å². The van der Waals surface area contributed by atoms with Crippen LogP contribution in [0.2, 0.25) is 0 Å². The Morgan fingerprint density at radius 2 is 1.23 bits per heavy atom. The molecule has 0 heterocycles. The third kappa shape index (κ3) is 11.3. The maximum absolute atomic E-state index is 13.9. The van der Waals surface area contributed by atoms with Gasteiger partial charge >= 0.3 is 11.9 Å². The first-order chi connectivity index (χ1) is 20.6. The number of ether oxygens (including phenoxy) is 4. The van der Waals surface area contributed by atoms with E-state index in [0.717, 1.165) is 22.9 Å². The van der Waals surface area contributed by atoms with Gasteiger partial charge in [-0.2, -0.15) is 0 Å². The van der Waals surface area contributed by atoms with Gasteiger partial charge in [0.2, 0.25) is 0 Å². The second-order valence-corrected chi connectivity index (χ2v) is 9.15. The number of carbonyl (C=O) groups excluding carboxylic acids is 2. The number of nitrogens with two attached hydrogens (primary N) is 1. The Kier molecular flexibility index (Phi) is 14.5. The SMILES string of the molecule is COC(=O)c1ccc(CBr)c(F)c1.COC(=O)c1ccc(CNc2cccc(OC)c2)c(F)c1.COc1cccc(N)c1. The van der Waals surface area contributed by atoms with Gasteiger partial charge in [0.15, 0.2) is 0 Å². The summed E-state index contributed by atoms with van der Waals surface area (Å²) >= 11 is 3.13. The first-order valence-corrected chi connectivity index (χ1v) is 13.8. The molecule has 0 saturated carbocycles. The number of anilines is 2. The van der Waals surface area contributed by atoms with Crippen molar-refractivity contribution < 1.29 is 37.3 Å². The molecule has 0 aliphatic rings. The lowest BCUT2D eigenvalue weighted by Gasteiger charge is -2.09. The summed E-state index contributed by atoms with van der Waals surface area (Å²) in [5.41, 5.74) is 8.42. The predicted octanol–water partition coefficient (Wildman–Crippen LogP) is 7.02. The highest BCUT2D eigenvalue weighted by Gasteiger charge is 2.10. The Balaban J connectivity index is 0.000000249. The molecule has 0 unspecified atom stereocenters. The molecule has 8 nitrogen and oxygen atoms in total. The molecule has 0 bridgehead atoms. The molecule has 4 rings (SSSR count). The van der Waals surface area contributed by atoms with Gasteiger partial charge in [0.25, 0.3) is 0 Å². The molecule has 0 radical (unpaired) electrons. The molecular weight excluding hydrogens is 626 g/mol. The van der Waals surface area contributed by atoms with E-state index in [0.29, 0.717) is 23.0 Å². The summed E-state index contributed by atoms with van der Waals surface area (Å²) in [7, 11) is 5.73. The van der Waals surface area contributed by atoms with Crippen LogP contribution in [0.15, 0.2) is 84.9 Å². The summed E-state index contributed by atoms with van der Waals surface area (Å²) in [6.45, 7) is 0.306. The van der Waals surface area contributed by atoms with Crippen molar-refractivity contribution in [2.45, 2.75) is 11.9 Å². The Hall–Kier alpha value is -4.64. The van der Waals surface area contributed by atoms with Crippen LogP contribution in [0.3, 0.4) is 0 Å². The van der Waals surface area contributed by atoms with Gasteiger partial charge in [-0.1, -0.05) is 40.2 Å². The van der Waals surface area contributed by atoms with Crippen LogP contribution >= 0.6 is 15.9 Å². The van der Waals surface area contributed by atoms with Crippen molar-refractivity contribution in [3.8, 4) is 11.5 Å².